The summed E-state index contributed by atoms with van der Waals surface area (Å²) in [7, 11) is 1.68. The van der Waals surface area contributed by atoms with Gasteiger partial charge in [-0.2, -0.15) is 5.10 Å². The van der Waals surface area contributed by atoms with E-state index < -0.39 is 0 Å². The molecule has 1 aliphatic heterocycles. The van der Waals surface area contributed by atoms with E-state index in [1.54, 1.807) is 17.8 Å². The molecule has 0 radical (unpaired) electrons. The fourth-order valence-corrected chi connectivity index (χ4v) is 4.96. The van der Waals surface area contributed by atoms with Crippen molar-refractivity contribution in [3.8, 4) is 5.75 Å². The summed E-state index contributed by atoms with van der Waals surface area (Å²) in [5.41, 5.74) is 6.14. The number of hydrogen-bond acceptors (Lipinski definition) is 5. The molecule has 0 saturated carbocycles. The number of carbonyl (C=O) groups is 1. The number of piperazine rings is 1. The number of aromatic nitrogens is 3. The Labute approximate surface area is 209 Å². The highest BCUT2D eigenvalue weighted by molar-refractivity contribution is 6.31. The Morgan fingerprint density at radius 1 is 1.03 bits per heavy atom. The van der Waals surface area contributed by atoms with Crippen molar-refractivity contribution < 1.29 is 9.53 Å². The van der Waals surface area contributed by atoms with Gasteiger partial charge in [0.25, 0.3) is 5.91 Å². The SMILES string of the molecule is COc1ccccc1N1CCN(C(=O)c2cnn3c(C)c(Cc4ccccc4Cl)c(C)nc23)CC1. The molecule has 0 aliphatic carbocycles. The summed E-state index contributed by atoms with van der Waals surface area (Å²) in [5.74, 6) is 0.808. The molecule has 7 nitrogen and oxygen atoms in total. The number of fused-ring (bicyclic) bond motifs is 1. The molecule has 180 valence electrons. The average Bonchev–Trinajstić information content (AvgIpc) is 3.31. The number of methoxy groups -OCH3 is 1. The molecule has 0 spiro atoms. The van der Waals surface area contributed by atoms with Crippen molar-refractivity contribution in [2.24, 2.45) is 0 Å². The summed E-state index contributed by atoms with van der Waals surface area (Å²) < 4.78 is 7.28. The molecular formula is C27H28ClN5O2. The van der Waals surface area contributed by atoms with Gasteiger partial charge in [-0.15, -0.1) is 0 Å². The lowest BCUT2D eigenvalue weighted by atomic mass is 10.0. The maximum atomic E-state index is 13.5. The van der Waals surface area contributed by atoms with Gasteiger partial charge in [0, 0.05) is 49.0 Å². The zero-order valence-electron chi connectivity index (χ0n) is 20.2. The number of halogens is 1. The van der Waals surface area contributed by atoms with Gasteiger partial charge in [-0.05, 0) is 43.2 Å². The van der Waals surface area contributed by atoms with Crippen LogP contribution in [0.1, 0.15) is 32.9 Å². The van der Waals surface area contributed by atoms with Crippen LogP contribution in [0.5, 0.6) is 5.75 Å². The third-order valence-electron chi connectivity index (χ3n) is 6.76. The van der Waals surface area contributed by atoms with Crippen molar-refractivity contribution in [3.63, 3.8) is 0 Å². The number of anilines is 1. The van der Waals surface area contributed by atoms with Crippen LogP contribution in [0.4, 0.5) is 5.69 Å². The third-order valence-corrected chi connectivity index (χ3v) is 7.13. The first kappa shape index (κ1) is 23.2. The molecule has 35 heavy (non-hydrogen) atoms. The molecular weight excluding hydrogens is 462 g/mol. The molecule has 1 amide bonds. The topological polar surface area (TPSA) is 63.0 Å². The van der Waals surface area contributed by atoms with Crippen LogP contribution in [0.3, 0.4) is 0 Å². The minimum absolute atomic E-state index is 0.0372. The van der Waals surface area contributed by atoms with Gasteiger partial charge < -0.3 is 14.5 Å². The van der Waals surface area contributed by atoms with Gasteiger partial charge in [0.2, 0.25) is 0 Å². The maximum absolute atomic E-state index is 13.5. The Kier molecular flexibility index (Phi) is 6.34. The third kappa shape index (κ3) is 4.32. The van der Waals surface area contributed by atoms with Crippen molar-refractivity contribution in [1.29, 1.82) is 0 Å². The number of carbonyl (C=O) groups excluding carboxylic acids is 1. The van der Waals surface area contributed by atoms with Crippen LogP contribution in [-0.2, 0) is 6.42 Å². The molecule has 0 atom stereocenters. The van der Waals surface area contributed by atoms with Crippen LogP contribution in [0.25, 0.3) is 5.65 Å². The van der Waals surface area contributed by atoms with E-state index >= 15 is 0 Å². The summed E-state index contributed by atoms with van der Waals surface area (Å²) in [6.45, 7) is 6.71. The first-order valence-corrected chi connectivity index (χ1v) is 12.1. The van der Waals surface area contributed by atoms with Crippen molar-refractivity contribution in [2.75, 3.05) is 38.2 Å². The molecule has 0 unspecified atom stereocenters. The van der Waals surface area contributed by atoms with Crippen molar-refractivity contribution in [2.45, 2.75) is 20.3 Å². The van der Waals surface area contributed by atoms with Crippen LogP contribution in [0, 0.1) is 13.8 Å². The Hall–Kier alpha value is -3.58. The standard InChI is InChI=1S/C27H28ClN5O2/c1-18-21(16-20-8-4-5-9-23(20)28)19(2)33-26(30-18)22(17-29-33)27(34)32-14-12-31(13-15-32)24-10-6-7-11-25(24)35-3/h4-11,17H,12-16H2,1-3H3. The van der Waals surface area contributed by atoms with Crippen LogP contribution in [0.2, 0.25) is 5.02 Å². The summed E-state index contributed by atoms with van der Waals surface area (Å²) >= 11 is 6.39. The first-order chi connectivity index (χ1) is 17.0. The quantitative estimate of drug-likeness (QED) is 0.411. The minimum Gasteiger partial charge on any atom is -0.495 e. The Bertz CT molecular complexity index is 1390. The number of aryl methyl sites for hydroxylation is 2. The second-order valence-electron chi connectivity index (χ2n) is 8.77. The predicted molar refractivity (Wildman–Crippen MR) is 138 cm³/mol. The molecule has 3 heterocycles. The largest absolute Gasteiger partial charge is 0.495 e. The fourth-order valence-electron chi connectivity index (χ4n) is 4.76. The van der Waals surface area contributed by atoms with E-state index in [0.717, 1.165) is 52.1 Å². The molecule has 2 aromatic carbocycles. The molecule has 1 saturated heterocycles. The second-order valence-corrected chi connectivity index (χ2v) is 9.18. The lowest BCUT2D eigenvalue weighted by Crippen LogP contribution is -2.48. The van der Waals surface area contributed by atoms with E-state index in [1.807, 2.05) is 61.2 Å². The molecule has 1 fully saturated rings. The monoisotopic (exact) mass is 489 g/mol. The normalized spacial score (nSPS) is 13.9. The second kappa shape index (κ2) is 9.58. The van der Waals surface area contributed by atoms with Crippen LogP contribution in [-0.4, -0.2) is 58.7 Å². The first-order valence-electron chi connectivity index (χ1n) is 11.7. The maximum Gasteiger partial charge on any atom is 0.259 e. The van der Waals surface area contributed by atoms with Gasteiger partial charge in [0.05, 0.1) is 19.0 Å². The number of nitrogens with zero attached hydrogens (tertiary/aromatic N) is 5. The van der Waals surface area contributed by atoms with Gasteiger partial charge in [-0.25, -0.2) is 9.50 Å². The Morgan fingerprint density at radius 2 is 1.74 bits per heavy atom. The number of para-hydroxylation sites is 2. The van der Waals surface area contributed by atoms with Gasteiger partial charge in [-0.3, -0.25) is 4.79 Å². The van der Waals surface area contributed by atoms with Gasteiger partial charge >= 0.3 is 0 Å². The Morgan fingerprint density at radius 3 is 2.49 bits per heavy atom. The predicted octanol–water partition coefficient (Wildman–Crippen LogP) is 4.56. The number of amides is 1. The molecule has 1 aliphatic rings. The average molecular weight is 490 g/mol. The number of hydrogen-bond donors (Lipinski definition) is 0. The molecule has 5 rings (SSSR count). The van der Waals surface area contributed by atoms with Gasteiger partial charge in [-0.1, -0.05) is 41.9 Å². The molecule has 0 N–H and O–H groups in total. The van der Waals surface area contributed by atoms with Crippen LogP contribution in [0.15, 0.2) is 54.7 Å². The lowest BCUT2D eigenvalue weighted by Gasteiger charge is -2.36. The molecule has 8 heteroatoms. The number of ether oxygens (including phenoxy) is 1. The lowest BCUT2D eigenvalue weighted by molar-refractivity contribution is 0.0748. The highest BCUT2D eigenvalue weighted by Crippen LogP contribution is 2.29. The van der Waals surface area contributed by atoms with Gasteiger partial charge in [0.15, 0.2) is 5.65 Å². The van der Waals surface area contributed by atoms with E-state index in [4.69, 9.17) is 21.3 Å². The van der Waals surface area contributed by atoms with Crippen molar-refractivity contribution >= 4 is 28.8 Å². The minimum atomic E-state index is -0.0372. The number of benzene rings is 2. The molecule has 0 bridgehead atoms. The highest BCUT2D eigenvalue weighted by atomic mass is 35.5. The summed E-state index contributed by atoms with van der Waals surface area (Å²) in [5, 5.41) is 5.26. The van der Waals surface area contributed by atoms with E-state index in [0.29, 0.717) is 30.7 Å². The molecule has 4 aromatic rings. The number of rotatable bonds is 5. The van der Waals surface area contributed by atoms with E-state index in [2.05, 4.69) is 16.1 Å². The zero-order valence-corrected chi connectivity index (χ0v) is 20.9. The van der Waals surface area contributed by atoms with Crippen molar-refractivity contribution in [1.82, 2.24) is 19.5 Å². The summed E-state index contributed by atoms with van der Waals surface area (Å²) in [6.07, 6.45) is 2.30. The zero-order chi connectivity index (χ0) is 24.5. The summed E-state index contributed by atoms with van der Waals surface area (Å²) in [4.78, 5) is 22.4. The molecule has 2 aromatic heterocycles. The summed E-state index contributed by atoms with van der Waals surface area (Å²) in [6, 6.07) is 15.8. The highest BCUT2D eigenvalue weighted by Gasteiger charge is 2.27. The van der Waals surface area contributed by atoms with Crippen LogP contribution >= 0.6 is 11.6 Å². The smallest absolute Gasteiger partial charge is 0.259 e. The van der Waals surface area contributed by atoms with Crippen molar-refractivity contribution in [3.05, 3.63) is 87.8 Å². The van der Waals surface area contributed by atoms with Gasteiger partial charge in [0.1, 0.15) is 11.3 Å². The van der Waals surface area contributed by atoms with Crippen LogP contribution < -0.4 is 9.64 Å². The van der Waals surface area contributed by atoms with E-state index in [-0.39, 0.29) is 5.91 Å². The Balaban J connectivity index is 1.37. The van der Waals surface area contributed by atoms with E-state index in [9.17, 15) is 4.79 Å². The fraction of sp³-hybridized carbons (Fsp3) is 0.296. The van der Waals surface area contributed by atoms with E-state index in [1.165, 1.54) is 0 Å².